The smallest absolute Gasteiger partial charge is 0.226 e. The first-order chi connectivity index (χ1) is 13.5. The van der Waals surface area contributed by atoms with Crippen molar-refractivity contribution >= 4 is 11.7 Å². The minimum absolute atomic E-state index is 0.127. The van der Waals surface area contributed by atoms with E-state index in [4.69, 9.17) is 4.99 Å². The Labute approximate surface area is 171 Å². The van der Waals surface area contributed by atoms with Crippen LogP contribution < -0.4 is 0 Å². The molecule has 2 aliphatic rings. The number of hydrogen-bond donors (Lipinski definition) is 0. The van der Waals surface area contributed by atoms with Crippen LogP contribution in [0.1, 0.15) is 52.9 Å². The summed E-state index contributed by atoms with van der Waals surface area (Å²) in [5, 5.41) is 0. The third-order valence-corrected chi connectivity index (χ3v) is 6.02. The maximum Gasteiger partial charge on any atom is 0.226 e. The van der Waals surface area contributed by atoms with Crippen molar-refractivity contribution in [2.75, 3.05) is 39.3 Å². The van der Waals surface area contributed by atoms with E-state index in [2.05, 4.69) is 29.9 Å². The molecule has 0 aromatic carbocycles. The summed E-state index contributed by atoms with van der Waals surface area (Å²) >= 11 is 0. The molecular formula is C23H38N4O. The lowest BCUT2D eigenvalue weighted by atomic mass is 9.91. The standard InChI is InChI=1S/C23H38N4O/c1-6-9-23(28)25(7-2)13-12-21(19(3)4)18-24-20(5)26-14-16-27(17-15-26)22-10-8-11-22/h6,18,22H,1,3,7-17H2,2,4-5H3/b21-18-,24-20?. The van der Waals surface area contributed by atoms with Crippen LogP contribution in [0.3, 0.4) is 0 Å². The summed E-state index contributed by atoms with van der Waals surface area (Å²) in [4.78, 5) is 23.7. The predicted molar refractivity (Wildman–Crippen MR) is 118 cm³/mol. The van der Waals surface area contributed by atoms with Crippen molar-refractivity contribution in [2.45, 2.75) is 58.9 Å². The van der Waals surface area contributed by atoms with Gasteiger partial charge < -0.3 is 9.80 Å². The second-order valence-electron chi connectivity index (χ2n) is 7.93. The molecule has 1 aliphatic heterocycles. The summed E-state index contributed by atoms with van der Waals surface area (Å²) in [7, 11) is 0. The van der Waals surface area contributed by atoms with E-state index in [1.807, 2.05) is 24.9 Å². The SMILES string of the molecule is C=CCC(=O)N(CC)CC/C(=C/N=C(C)N1CCN(C2CCC2)CC1)C(=C)C. The van der Waals surface area contributed by atoms with Gasteiger partial charge in [-0.1, -0.05) is 24.6 Å². The maximum atomic E-state index is 12.1. The number of nitrogens with zero attached hydrogens (tertiary/aromatic N) is 4. The zero-order valence-electron chi connectivity index (χ0n) is 18.1. The quantitative estimate of drug-likeness (QED) is 0.261. The van der Waals surface area contributed by atoms with Gasteiger partial charge in [0.05, 0.1) is 0 Å². The van der Waals surface area contributed by atoms with Crippen molar-refractivity contribution in [1.29, 1.82) is 0 Å². The molecule has 2 fully saturated rings. The number of carbonyl (C=O) groups excluding carboxylic acids is 1. The highest BCUT2D eigenvalue weighted by Crippen LogP contribution is 2.25. The van der Waals surface area contributed by atoms with E-state index in [1.54, 1.807) is 6.08 Å². The number of aliphatic imine (C=N–C) groups is 1. The van der Waals surface area contributed by atoms with Gasteiger partial charge in [0.2, 0.25) is 5.91 Å². The van der Waals surface area contributed by atoms with E-state index in [0.717, 1.165) is 55.6 Å². The maximum absolute atomic E-state index is 12.1. The molecule has 5 nitrogen and oxygen atoms in total. The Kier molecular flexibility index (Phi) is 8.97. The van der Waals surface area contributed by atoms with Crippen molar-refractivity contribution in [2.24, 2.45) is 4.99 Å². The molecule has 1 aliphatic carbocycles. The molecule has 0 atom stereocenters. The van der Waals surface area contributed by atoms with Crippen LogP contribution in [-0.4, -0.2) is 71.8 Å². The summed E-state index contributed by atoms with van der Waals surface area (Å²) in [6.45, 7) is 19.7. The Morgan fingerprint density at radius 3 is 2.39 bits per heavy atom. The molecule has 28 heavy (non-hydrogen) atoms. The van der Waals surface area contributed by atoms with E-state index in [0.29, 0.717) is 19.5 Å². The Morgan fingerprint density at radius 2 is 1.89 bits per heavy atom. The number of amidine groups is 1. The zero-order valence-corrected chi connectivity index (χ0v) is 18.1. The van der Waals surface area contributed by atoms with Crippen molar-refractivity contribution in [3.63, 3.8) is 0 Å². The molecule has 0 spiro atoms. The van der Waals surface area contributed by atoms with Gasteiger partial charge in [0.1, 0.15) is 5.84 Å². The van der Waals surface area contributed by atoms with Crippen LogP contribution in [0.15, 0.2) is 41.6 Å². The average Bonchev–Trinajstić information content (AvgIpc) is 2.63. The monoisotopic (exact) mass is 386 g/mol. The van der Waals surface area contributed by atoms with Crippen molar-refractivity contribution in [3.8, 4) is 0 Å². The fourth-order valence-electron chi connectivity index (χ4n) is 3.77. The van der Waals surface area contributed by atoms with Gasteiger partial charge in [-0.15, -0.1) is 6.58 Å². The van der Waals surface area contributed by atoms with E-state index < -0.39 is 0 Å². The molecule has 2 rings (SSSR count). The number of hydrogen-bond acceptors (Lipinski definition) is 3. The van der Waals surface area contributed by atoms with Gasteiger partial charge in [0.25, 0.3) is 0 Å². The minimum atomic E-state index is 0.127. The summed E-state index contributed by atoms with van der Waals surface area (Å²) in [5.41, 5.74) is 2.12. The summed E-state index contributed by atoms with van der Waals surface area (Å²) in [5.74, 6) is 1.20. The molecule has 1 heterocycles. The third-order valence-electron chi connectivity index (χ3n) is 6.02. The predicted octanol–water partition coefficient (Wildman–Crippen LogP) is 3.85. The van der Waals surface area contributed by atoms with Crippen molar-refractivity contribution in [3.05, 3.63) is 36.6 Å². The molecule has 1 saturated heterocycles. The zero-order chi connectivity index (χ0) is 20.5. The van der Waals surface area contributed by atoms with Crippen molar-refractivity contribution in [1.82, 2.24) is 14.7 Å². The number of rotatable bonds is 9. The van der Waals surface area contributed by atoms with Gasteiger partial charge >= 0.3 is 0 Å². The first kappa shape index (κ1) is 22.4. The molecule has 156 valence electrons. The Bertz CT molecular complexity index is 610. The largest absolute Gasteiger partial charge is 0.358 e. The minimum Gasteiger partial charge on any atom is -0.358 e. The highest BCUT2D eigenvalue weighted by Gasteiger charge is 2.28. The second kappa shape index (κ2) is 11.2. The van der Waals surface area contributed by atoms with Crippen molar-refractivity contribution < 1.29 is 4.79 Å². The molecule has 1 amide bonds. The normalized spacial score (nSPS) is 19.3. The highest BCUT2D eigenvalue weighted by molar-refractivity contribution is 5.80. The lowest BCUT2D eigenvalue weighted by Crippen LogP contribution is -2.53. The summed E-state index contributed by atoms with van der Waals surface area (Å²) in [6.07, 6.45) is 8.93. The van der Waals surface area contributed by atoms with Gasteiger partial charge in [-0.25, -0.2) is 4.99 Å². The van der Waals surface area contributed by atoms with Gasteiger partial charge in [-0.3, -0.25) is 9.69 Å². The number of amides is 1. The van der Waals surface area contributed by atoms with E-state index >= 15 is 0 Å². The number of allylic oxidation sites excluding steroid dienone is 1. The Hall–Kier alpha value is -1.88. The van der Waals surface area contributed by atoms with Crippen LogP contribution in [0, 0.1) is 0 Å². The molecule has 0 aromatic heterocycles. The van der Waals surface area contributed by atoms with Crippen LogP contribution in [0.25, 0.3) is 0 Å². The van der Waals surface area contributed by atoms with Gasteiger partial charge in [-0.2, -0.15) is 0 Å². The van der Waals surface area contributed by atoms with Crippen LogP contribution in [0.5, 0.6) is 0 Å². The molecule has 0 radical (unpaired) electrons. The summed E-state index contributed by atoms with van der Waals surface area (Å²) < 4.78 is 0. The van der Waals surface area contributed by atoms with Crippen LogP contribution in [-0.2, 0) is 4.79 Å². The van der Waals surface area contributed by atoms with Crippen LogP contribution in [0.4, 0.5) is 0 Å². The first-order valence-corrected chi connectivity index (χ1v) is 10.7. The molecule has 5 heteroatoms. The lowest BCUT2D eigenvalue weighted by molar-refractivity contribution is -0.130. The lowest BCUT2D eigenvalue weighted by Gasteiger charge is -2.43. The van der Waals surface area contributed by atoms with Gasteiger partial charge in [0, 0.05) is 57.9 Å². The highest BCUT2D eigenvalue weighted by atomic mass is 16.2. The molecule has 0 unspecified atom stereocenters. The fourth-order valence-corrected chi connectivity index (χ4v) is 3.77. The molecule has 1 saturated carbocycles. The molecular weight excluding hydrogens is 348 g/mol. The van der Waals surface area contributed by atoms with Crippen LogP contribution >= 0.6 is 0 Å². The Balaban J connectivity index is 1.90. The average molecular weight is 387 g/mol. The van der Waals surface area contributed by atoms with Gasteiger partial charge in [-0.05, 0) is 45.6 Å². The molecule has 0 bridgehead atoms. The Morgan fingerprint density at radius 1 is 1.21 bits per heavy atom. The second-order valence-corrected chi connectivity index (χ2v) is 7.93. The number of carbonyl (C=O) groups is 1. The molecule has 0 N–H and O–H groups in total. The van der Waals surface area contributed by atoms with E-state index in [-0.39, 0.29) is 5.91 Å². The topological polar surface area (TPSA) is 39.2 Å². The van der Waals surface area contributed by atoms with E-state index in [9.17, 15) is 4.79 Å². The van der Waals surface area contributed by atoms with Crippen LogP contribution in [0.2, 0.25) is 0 Å². The number of piperazine rings is 1. The fraction of sp³-hybridized carbons (Fsp3) is 0.652. The van der Waals surface area contributed by atoms with Gasteiger partial charge in [0.15, 0.2) is 0 Å². The van der Waals surface area contributed by atoms with E-state index in [1.165, 1.54) is 19.3 Å². The first-order valence-electron chi connectivity index (χ1n) is 10.7. The summed E-state index contributed by atoms with van der Waals surface area (Å²) in [6, 6.07) is 0.833. The molecule has 0 aromatic rings. The third kappa shape index (κ3) is 6.33.